The van der Waals surface area contributed by atoms with E-state index < -0.39 is 17.4 Å². The molecule has 0 unspecified atom stereocenters. The molecule has 0 saturated carbocycles. The Balaban J connectivity index is 2.65. The fraction of sp³-hybridized carbons (Fsp3) is 0.667. The summed E-state index contributed by atoms with van der Waals surface area (Å²) in [6, 6.07) is 7.87. The molecule has 0 aliphatic rings. The molecule has 164 valence electrons. The van der Waals surface area contributed by atoms with Crippen molar-refractivity contribution < 1.29 is 23.8 Å². The predicted octanol–water partition coefficient (Wildman–Crippen LogP) is 5.49. The molecule has 0 radical (unpaired) electrons. The van der Waals surface area contributed by atoms with E-state index in [0.717, 1.165) is 24.3 Å². The molecule has 5 heteroatoms. The van der Waals surface area contributed by atoms with E-state index >= 15 is 0 Å². The van der Waals surface area contributed by atoms with Gasteiger partial charge < -0.3 is 14.2 Å². The van der Waals surface area contributed by atoms with Gasteiger partial charge in [0.05, 0.1) is 19.8 Å². The lowest BCUT2D eigenvalue weighted by Gasteiger charge is -2.28. The Morgan fingerprint density at radius 1 is 0.828 bits per heavy atom. The largest absolute Gasteiger partial charge is 0.494 e. The maximum atomic E-state index is 12.6. The van der Waals surface area contributed by atoms with Gasteiger partial charge in [-0.1, -0.05) is 51.7 Å². The second-order valence-electron chi connectivity index (χ2n) is 7.28. The standard InChI is InChI=1S/C24H38O5/c1-5-9-10-11-12-19-29-21-15-13-20(14-16-21)17-18-24(6-2,22(25)27-7-3)23(26)28-8-4/h13-16H,5-12,17-19H2,1-4H3. The molecule has 0 saturated heterocycles. The van der Waals surface area contributed by atoms with Crippen molar-refractivity contribution in [2.75, 3.05) is 19.8 Å². The summed E-state index contributed by atoms with van der Waals surface area (Å²) in [6.45, 7) is 8.73. The molecule has 0 aromatic heterocycles. The number of aryl methyl sites for hydroxylation is 1. The Hall–Kier alpha value is -2.04. The van der Waals surface area contributed by atoms with Crippen LogP contribution in [0.1, 0.15) is 78.2 Å². The normalized spacial score (nSPS) is 11.2. The highest BCUT2D eigenvalue weighted by Gasteiger charge is 2.46. The molecular weight excluding hydrogens is 368 g/mol. The maximum Gasteiger partial charge on any atom is 0.323 e. The summed E-state index contributed by atoms with van der Waals surface area (Å²) < 4.78 is 16.2. The first-order chi connectivity index (χ1) is 14.0. The topological polar surface area (TPSA) is 61.8 Å². The summed E-state index contributed by atoms with van der Waals surface area (Å²) in [4.78, 5) is 25.1. The fourth-order valence-electron chi connectivity index (χ4n) is 3.30. The molecule has 0 bridgehead atoms. The number of carbonyl (C=O) groups excluding carboxylic acids is 2. The molecule has 0 spiro atoms. The highest BCUT2D eigenvalue weighted by molar-refractivity contribution is 6.00. The van der Waals surface area contributed by atoms with Crippen LogP contribution < -0.4 is 4.74 Å². The van der Waals surface area contributed by atoms with E-state index in [4.69, 9.17) is 14.2 Å². The lowest BCUT2D eigenvalue weighted by atomic mass is 9.79. The molecule has 5 nitrogen and oxygen atoms in total. The van der Waals surface area contributed by atoms with Gasteiger partial charge in [-0.2, -0.15) is 0 Å². The van der Waals surface area contributed by atoms with Crippen LogP contribution in [0.25, 0.3) is 0 Å². The Morgan fingerprint density at radius 3 is 1.93 bits per heavy atom. The van der Waals surface area contributed by atoms with Gasteiger partial charge in [0, 0.05) is 0 Å². The summed E-state index contributed by atoms with van der Waals surface area (Å²) in [5.74, 6) is -0.144. The van der Waals surface area contributed by atoms with Crippen molar-refractivity contribution in [1.29, 1.82) is 0 Å². The number of carbonyl (C=O) groups is 2. The van der Waals surface area contributed by atoms with Crippen LogP contribution in [0.4, 0.5) is 0 Å². The zero-order valence-corrected chi connectivity index (χ0v) is 18.6. The van der Waals surface area contributed by atoms with Crippen LogP contribution in [0.15, 0.2) is 24.3 Å². The molecule has 0 atom stereocenters. The van der Waals surface area contributed by atoms with Crippen LogP contribution in [0, 0.1) is 5.41 Å². The van der Waals surface area contributed by atoms with E-state index in [1.807, 2.05) is 31.2 Å². The highest BCUT2D eigenvalue weighted by atomic mass is 16.6. The predicted molar refractivity (Wildman–Crippen MR) is 115 cm³/mol. The molecule has 0 N–H and O–H groups in total. The molecule has 0 heterocycles. The Labute approximate surface area is 176 Å². The number of ether oxygens (including phenoxy) is 3. The molecule has 0 aliphatic heterocycles. The molecule has 1 aromatic rings. The average Bonchev–Trinajstić information content (AvgIpc) is 2.73. The fourth-order valence-corrected chi connectivity index (χ4v) is 3.30. The lowest BCUT2D eigenvalue weighted by Crippen LogP contribution is -2.42. The number of hydrogen-bond acceptors (Lipinski definition) is 5. The second-order valence-corrected chi connectivity index (χ2v) is 7.28. The number of hydrogen-bond donors (Lipinski definition) is 0. The van der Waals surface area contributed by atoms with Crippen molar-refractivity contribution >= 4 is 11.9 Å². The van der Waals surface area contributed by atoms with E-state index in [2.05, 4.69) is 6.92 Å². The SMILES string of the molecule is CCCCCCCOc1ccc(CCC(CC)(C(=O)OCC)C(=O)OCC)cc1. The molecule has 0 amide bonds. The van der Waals surface area contributed by atoms with Gasteiger partial charge in [-0.15, -0.1) is 0 Å². The van der Waals surface area contributed by atoms with Gasteiger partial charge in [0.2, 0.25) is 0 Å². The number of benzene rings is 1. The monoisotopic (exact) mass is 406 g/mol. The number of rotatable bonds is 15. The lowest BCUT2D eigenvalue weighted by molar-refractivity contribution is -0.173. The van der Waals surface area contributed by atoms with Gasteiger partial charge in [-0.25, -0.2) is 0 Å². The molecular formula is C24H38O5. The summed E-state index contributed by atoms with van der Waals surface area (Å²) in [7, 11) is 0. The van der Waals surface area contributed by atoms with Crippen LogP contribution in [-0.4, -0.2) is 31.8 Å². The maximum absolute atomic E-state index is 12.6. The Bertz CT molecular complexity index is 576. The Kier molecular flexibility index (Phi) is 12.1. The molecule has 0 fully saturated rings. The first-order valence-corrected chi connectivity index (χ1v) is 11.1. The third kappa shape index (κ3) is 8.08. The second kappa shape index (κ2) is 14.0. The average molecular weight is 407 g/mol. The molecule has 1 aromatic carbocycles. The van der Waals surface area contributed by atoms with E-state index in [9.17, 15) is 9.59 Å². The molecule has 29 heavy (non-hydrogen) atoms. The minimum atomic E-state index is -1.25. The molecule has 0 aliphatic carbocycles. The zero-order chi connectivity index (χ0) is 21.5. The molecule has 1 rings (SSSR count). The van der Waals surface area contributed by atoms with Gasteiger partial charge in [0.1, 0.15) is 5.75 Å². The Morgan fingerprint density at radius 2 is 1.41 bits per heavy atom. The van der Waals surface area contributed by atoms with Crippen molar-refractivity contribution in [2.45, 2.75) is 79.1 Å². The first-order valence-electron chi connectivity index (χ1n) is 11.1. The van der Waals surface area contributed by atoms with Crippen LogP contribution in [0.3, 0.4) is 0 Å². The third-order valence-corrected chi connectivity index (χ3v) is 5.22. The van der Waals surface area contributed by atoms with Gasteiger partial charge in [0.15, 0.2) is 5.41 Å². The third-order valence-electron chi connectivity index (χ3n) is 5.22. The first kappa shape index (κ1) is 25.0. The van der Waals surface area contributed by atoms with Gasteiger partial charge >= 0.3 is 11.9 Å². The minimum Gasteiger partial charge on any atom is -0.494 e. The van der Waals surface area contributed by atoms with Gasteiger partial charge in [0.25, 0.3) is 0 Å². The van der Waals surface area contributed by atoms with Crippen LogP contribution in [-0.2, 0) is 25.5 Å². The van der Waals surface area contributed by atoms with E-state index in [1.165, 1.54) is 25.7 Å². The van der Waals surface area contributed by atoms with Crippen molar-refractivity contribution in [1.82, 2.24) is 0 Å². The quantitative estimate of drug-likeness (QED) is 0.219. The van der Waals surface area contributed by atoms with E-state index in [0.29, 0.717) is 19.3 Å². The van der Waals surface area contributed by atoms with Crippen molar-refractivity contribution in [3.63, 3.8) is 0 Å². The summed E-state index contributed by atoms with van der Waals surface area (Å²) >= 11 is 0. The number of esters is 2. The van der Waals surface area contributed by atoms with E-state index in [-0.39, 0.29) is 13.2 Å². The minimum absolute atomic E-state index is 0.241. The van der Waals surface area contributed by atoms with Crippen molar-refractivity contribution in [3.8, 4) is 5.75 Å². The van der Waals surface area contributed by atoms with Gasteiger partial charge in [-0.05, 0) is 57.2 Å². The van der Waals surface area contributed by atoms with Crippen LogP contribution in [0.5, 0.6) is 5.75 Å². The zero-order valence-electron chi connectivity index (χ0n) is 18.6. The summed E-state index contributed by atoms with van der Waals surface area (Å²) in [6.07, 6.45) is 7.36. The summed E-state index contributed by atoms with van der Waals surface area (Å²) in [5, 5.41) is 0. The van der Waals surface area contributed by atoms with Gasteiger partial charge in [-0.3, -0.25) is 9.59 Å². The van der Waals surface area contributed by atoms with Crippen LogP contribution >= 0.6 is 0 Å². The van der Waals surface area contributed by atoms with Crippen molar-refractivity contribution in [2.24, 2.45) is 5.41 Å². The van der Waals surface area contributed by atoms with E-state index in [1.54, 1.807) is 13.8 Å². The van der Waals surface area contributed by atoms with Crippen molar-refractivity contribution in [3.05, 3.63) is 29.8 Å². The van der Waals surface area contributed by atoms with Crippen LogP contribution in [0.2, 0.25) is 0 Å². The number of unbranched alkanes of at least 4 members (excludes halogenated alkanes) is 4. The highest BCUT2D eigenvalue weighted by Crippen LogP contribution is 2.32. The smallest absolute Gasteiger partial charge is 0.323 e. The summed E-state index contributed by atoms with van der Waals surface area (Å²) in [5.41, 5.74) is -0.202.